The molecule has 0 rings (SSSR count). The largest absolute Gasteiger partial charge is 0.358 e. The van der Waals surface area contributed by atoms with Gasteiger partial charge in [0.1, 0.15) is 0 Å². The molecule has 0 nitrogen and oxygen atoms in total. The van der Waals surface area contributed by atoms with Crippen LogP contribution in [0.4, 0.5) is 0 Å². The first kappa shape index (κ1) is 23.2. The van der Waals surface area contributed by atoms with Gasteiger partial charge in [-0.15, -0.1) is 0 Å². The molecule has 2 unspecified atom stereocenters. The summed E-state index contributed by atoms with van der Waals surface area (Å²) in [4.78, 5) is 0. The first-order chi connectivity index (χ1) is 7.20. The van der Waals surface area contributed by atoms with E-state index in [1.807, 2.05) is 0 Å². The second-order valence-electron chi connectivity index (χ2n) is 5.26. The molecule has 2 atom stereocenters. The molecule has 0 amide bonds. The molecule has 0 aromatic rings. The summed E-state index contributed by atoms with van der Waals surface area (Å²) in [5.41, 5.74) is 0. The van der Waals surface area contributed by atoms with E-state index in [2.05, 4.69) is 27.7 Å². The maximum Gasteiger partial charge on any atom is 0 e. The third-order valence-corrected chi connectivity index (χ3v) is 3.45. The minimum Gasteiger partial charge on any atom is -0.358 e. The Balaban J connectivity index is -0.000000980. The second kappa shape index (κ2) is 17.1. The molecule has 0 saturated carbocycles. The van der Waals surface area contributed by atoms with E-state index >= 15 is 0 Å². The third-order valence-electron chi connectivity index (χ3n) is 3.45. The second-order valence-corrected chi connectivity index (χ2v) is 5.26. The van der Waals surface area contributed by atoms with Crippen molar-refractivity contribution in [3.8, 4) is 0 Å². The van der Waals surface area contributed by atoms with Gasteiger partial charge < -0.3 is 14.4 Å². The molecule has 0 aromatic carbocycles. The summed E-state index contributed by atoms with van der Waals surface area (Å²) in [7, 11) is 0. The summed E-state index contributed by atoms with van der Waals surface area (Å²) in [5, 5.41) is 0. The summed E-state index contributed by atoms with van der Waals surface area (Å²) in [6.45, 7) is 11.0. The van der Waals surface area contributed by atoms with Crippen LogP contribution in [-0.2, 0) is 32.7 Å². The Kier molecular flexibility index (Phi) is 23.4. The van der Waals surface area contributed by atoms with Crippen molar-refractivity contribution in [3.63, 3.8) is 0 Å². The van der Waals surface area contributed by atoms with Gasteiger partial charge in [0.2, 0.25) is 0 Å². The summed E-state index contributed by atoms with van der Waals surface area (Å²) in [6, 6.07) is 0. The Morgan fingerprint density at radius 3 is 1.94 bits per heavy atom. The molecule has 0 bridgehead atoms. The zero-order chi connectivity index (χ0) is 11.5. The van der Waals surface area contributed by atoms with Crippen LogP contribution in [0.15, 0.2) is 0 Å². The van der Waals surface area contributed by atoms with Gasteiger partial charge in [0, 0.05) is 32.7 Å². The smallest absolute Gasteiger partial charge is 0 e. The normalized spacial score (nSPS) is 13.4. The molecule has 1 radical (unpaired) electrons. The molecule has 0 N–H and O–H groups in total. The predicted molar refractivity (Wildman–Crippen MR) is 77.3 cm³/mol. The van der Waals surface area contributed by atoms with E-state index in [9.17, 15) is 0 Å². The SMILES string of the molecule is [CH2-]CCCCCCCC(C)CC(C)CC.[CH3-].[Y]. The van der Waals surface area contributed by atoms with Crippen molar-refractivity contribution in [1.29, 1.82) is 0 Å². The molecule has 0 fully saturated rings. The summed E-state index contributed by atoms with van der Waals surface area (Å²) >= 11 is 0. The molecule has 0 aromatic heterocycles. The Morgan fingerprint density at radius 2 is 1.41 bits per heavy atom. The predicted octanol–water partition coefficient (Wildman–Crippen LogP) is 6.07. The molecule has 0 heterocycles. The van der Waals surface area contributed by atoms with E-state index in [1.165, 1.54) is 51.4 Å². The first-order valence-corrected chi connectivity index (χ1v) is 6.99. The minimum atomic E-state index is 0. The van der Waals surface area contributed by atoms with Crippen LogP contribution in [0.2, 0.25) is 0 Å². The molecule has 0 aliphatic heterocycles. The van der Waals surface area contributed by atoms with E-state index in [-0.39, 0.29) is 40.1 Å². The van der Waals surface area contributed by atoms with Gasteiger partial charge in [-0.05, 0) is 18.3 Å². The Morgan fingerprint density at radius 1 is 0.882 bits per heavy atom. The molecule has 0 spiro atoms. The summed E-state index contributed by atoms with van der Waals surface area (Å²) in [5.74, 6) is 1.86. The van der Waals surface area contributed by atoms with Crippen molar-refractivity contribution < 1.29 is 32.7 Å². The molecule has 0 aliphatic rings. The number of hydrogen-bond donors (Lipinski definition) is 0. The van der Waals surface area contributed by atoms with Crippen molar-refractivity contribution in [2.75, 3.05) is 0 Å². The first-order valence-electron chi connectivity index (χ1n) is 6.99. The Hall–Kier alpha value is 1.10. The maximum atomic E-state index is 3.87. The summed E-state index contributed by atoms with van der Waals surface area (Å²) in [6.07, 6.45) is 12.3. The van der Waals surface area contributed by atoms with E-state index in [0.29, 0.717) is 0 Å². The van der Waals surface area contributed by atoms with Crippen LogP contribution in [0.25, 0.3) is 0 Å². The van der Waals surface area contributed by atoms with Crippen molar-refractivity contribution in [3.05, 3.63) is 14.4 Å². The minimum absolute atomic E-state index is 0. The fourth-order valence-corrected chi connectivity index (χ4v) is 2.17. The Labute approximate surface area is 137 Å². The number of rotatable bonds is 10. The van der Waals surface area contributed by atoms with Crippen LogP contribution in [-0.4, -0.2) is 0 Å². The van der Waals surface area contributed by atoms with Crippen LogP contribution in [0.3, 0.4) is 0 Å². The van der Waals surface area contributed by atoms with Crippen LogP contribution in [0, 0.1) is 26.2 Å². The Bertz CT molecular complexity index is 123. The standard InChI is InChI=1S/C15H31.CH3.Y/c1-5-7-8-9-10-11-12-15(4)13-14(3)6-2;;/h14-15H,1,5-13H2,2-4H3;1H3;/q2*-1;. The molecule has 103 valence electrons. The number of unbranched alkanes of at least 4 members (excludes halogenated alkanes) is 5. The molecule has 1 heteroatoms. The van der Waals surface area contributed by atoms with Crippen LogP contribution < -0.4 is 0 Å². The summed E-state index contributed by atoms with van der Waals surface area (Å²) < 4.78 is 0. The van der Waals surface area contributed by atoms with E-state index in [0.717, 1.165) is 18.3 Å². The molecule has 0 aliphatic carbocycles. The molecule has 17 heavy (non-hydrogen) atoms. The van der Waals surface area contributed by atoms with Gasteiger partial charge in [0.25, 0.3) is 0 Å². The van der Waals surface area contributed by atoms with Crippen LogP contribution in [0.5, 0.6) is 0 Å². The average Bonchev–Trinajstić information content (AvgIpc) is 2.23. The van der Waals surface area contributed by atoms with Gasteiger partial charge in [0.15, 0.2) is 0 Å². The van der Waals surface area contributed by atoms with E-state index < -0.39 is 0 Å². The van der Waals surface area contributed by atoms with Crippen molar-refractivity contribution in [2.24, 2.45) is 11.8 Å². The third kappa shape index (κ3) is 17.1. The zero-order valence-corrected chi connectivity index (χ0v) is 15.6. The van der Waals surface area contributed by atoms with Gasteiger partial charge in [0.05, 0.1) is 0 Å². The van der Waals surface area contributed by atoms with Crippen LogP contribution in [0.1, 0.15) is 78.6 Å². The average molecular weight is 315 g/mol. The van der Waals surface area contributed by atoms with Crippen molar-refractivity contribution in [2.45, 2.75) is 78.6 Å². The number of hydrogen-bond acceptors (Lipinski definition) is 0. The molecule has 0 saturated heterocycles. The topological polar surface area (TPSA) is 0 Å². The van der Waals surface area contributed by atoms with Crippen molar-refractivity contribution in [1.82, 2.24) is 0 Å². The monoisotopic (exact) mass is 315 g/mol. The van der Waals surface area contributed by atoms with Gasteiger partial charge in [-0.1, -0.05) is 65.7 Å². The fourth-order valence-electron chi connectivity index (χ4n) is 2.17. The zero-order valence-electron chi connectivity index (χ0n) is 12.8. The van der Waals surface area contributed by atoms with Gasteiger partial charge in [-0.2, -0.15) is 6.42 Å². The quantitative estimate of drug-likeness (QED) is 0.339. The van der Waals surface area contributed by atoms with Gasteiger partial charge in [-0.25, -0.2) is 0 Å². The van der Waals surface area contributed by atoms with E-state index in [4.69, 9.17) is 0 Å². The van der Waals surface area contributed by atoms with E-state index in [1.54, 1.807) is 0 Å². The maximum absolute atomic E-state index is 3.87. The fraction of sp³-hybridized carbons (Fsp3) is 0.875. The van der Waals surface area contributed by atoms with Crippen LogP contribution >= 0.6 is 0 Å². The van der Waals surface area contributed by atoms with Gasteiger partial charge >= 0.3 is 0 Å². The van der Waals surface area contributed by atoms with Crippen molar-refractivity contribution >= 4 is 0 Å². The molecular formula is C16H34Y-2. The molecular weight excluding hydrogens is 281 g/mol. The van der Waals surface area contributed by atoms with Gasteiger partial charge in [-0.3, -0.25) is 0 Å².